The Balaban J connectivity index is 1.93. The van der Waals surface area contributed by atoms with Crippen LogP contribution in [-0.4, -0.2) is 29.2 Å². The third-order valence-electron chi connectivity index (χ3n) is 4.25. The van der Waals surface area contributed by atoms with Crippen LogP contribution in [0, 0.1) is 5.92 Å². The summed E-state index contributed by atoms with van der Waals surface area (Å²) >= 11 is 0. The van der Waals surface area contributed by atoms with E-state index in [0.717, 1.165) is 18.9 Å². The van der Waals surface area contributed by atoms with E-state index in [1.807, 2.05) is 0 Å². The van der Waals surface area contributed by atoms with Gasteiger partial charge in [0.05, 0.1) is 0 Å². The zero-order valence-corrected chi connectivity index (χ0v) is 10.8. The number of fused-ring (bicyclic) bond motifs is 1. The fourth-order valence-corrected chi connectivity index (χ4v) is 3.36. The fraction of sp³-hybridized carbons (Fsp3) is 0.857. The number of carbonyl (C=O) groups is 2. The van der Waals surface area contributed by atoms with Crippen molar-refractivity contribution in [1.29, 1.82) is 0 Å². The molecule has 2 unspecified atom stereocenters. The van der Waals surface area contributed by atoms with Crippen molar-refractivity contribution in [1.82, 2.24) is 4.90 Å². The maximum Gasteiger partial charge on any atom is 0.223 e. The monoisotopic (exact) mass is 237 g/mol. The van der Waals surface area contributed by atoms with E-state index >= 15 is 0 Å². The number of piperidine rings is 1. The minimum atomic E-state index is 0.121. The van der Waals surface area contributed by atoms with Crippen LogP contribution in [0.25, 0.3) is 0 Å². The lowest BCUT2D eigenvalue weighted by Gasteiger charge is -2.44. The van der Waals surface area contributed by atoms with Crippen LogP contribution in [0.3, 0.4) is 0 Å². The topological polar surface area (TPSA) is 37.4 Å². The molecule has 0 aromatic rings. The molecule has 0 N–H and O–H groups in total. The van der Waals surface area contributed by atoms with Crippen molar-refractivity contribution in [3.8, 4) is 0 Å². The van der Waals surface area contributed by atoms with Crippen LogP contribution in [0.2, 0.25) is 0 Å². The van der Waals surface area contributed by atoms with Gasteiger partial charge in [0, 0.05) is 25.4 Å². The maximum absolute atomic E-state index is 12.1. The van der Waals surface area contributed by atoms with Gasteiger partial charge in [-0.3, -0.25) is 4.79 Å². The molecule has 0 aromatic heterocycles. The smallest absolute Gasteiger partial charge is 0.223 e. The Labute approximate surface area is 104 Å². The van der Waals surface area contributed by atoms with Gasteiger partial charge in [0.15, 0.2) is 0 Å². The molecule has 1 saturated heterocycles. The molecule has 2 fully saturated rings. The van der Waals surface area contributed by atoms with Crippen molar-refractivity contribution >= 4 is 11.7 Å². The van der Waals surface area contributed by atoms with E-state index < -0.39 is 0 Å². The van der Waals surface area contributed by atoms with Crippen LogP contribution in [0.4, 0.5) is 0 Å². The Hall–Kier alpha value is -0.860. The summed E-state index contributed by atoms with van der Waals surface area (Å²) in [5.74, 6) is 1.06. The molecule has 2 atom stereocenters. The second-order valence-electron chi connectivity index (χ2n) is 5.54. The highest BCUT2D eigenvalue weighted by Crippen LogP contribution is 2.35. The number of hydrogen-bond donors (Lipinski definition) is 0. The standard InChI is InChI=1S/C14H23NO2/c1-11(16)8-9-14(17)15-10-4-6-12-5-2-3-7-13(12)15/h12-13H,2-10H2,1H3. The number of Topliss-reactive ketones (excluding diaryl/α,β-unsaturated/α-hetero) is 1. The molecule has 0 aromatic carbocycles. The van der Waals surface area contributed by atoms with Crippen LogP contribution < -0.4 is 0 Å². The highest BCUT2D eigenvalue weighted by Gasteiger charge is 2.35. The van der Waals surface area contributed by atoms with E-state index in [1.54, 1.807) is 6.92 Å². The van der Waals surface area contributed by atoms with Crippen molar-refractivity contribution < 1.29 is 9.59 Å². The lowest BCUT2D eigenvalue weighted by atomic mass is 9.78. The number of likely N-dealkylation sites (tertiary alicyclic amines) is 1. The number of ketones is 1. The molecule has 2 rings (SSSR count). The van der Waals surface area contributed by atoms with Gasteiger partial charge in [-0.2, -0.15) is 0 Å². The van der Waals surface area contributed by atoms with Crippen LogP contribution in [0.15, 0.2) is 0 Å². The second kappa shape index (κ2) is 5.65. The van der Waals surface area contributed by atoms with Crippen LogP contribution in [0.5, 0.6) is 0 Å². The fourth-order valence-electron chi connectivity index (χ4n) is 3.36. The van der Waals surface area contributed by atoms with E-state index in [0.29, 0.717) is 18.9 Å². The predicted molar refractivity (Wildman–Crippen MR) is 66.6 cm³/mol. The Morgan fingerprint density at radius 1 is 1.06 bits per heavy atom. The lowest BCUT2D eigenvalue weighted by molar-refractivity contribution is -0.138. The second-order valence-corrected chi connectivity index (χ2v) is 5.54. The summed E-state index contributed by atoms with van der Waals surface area (Å²) in [6.45, 7) is 2.48. The molecule has 1 aliphatic carbocycles. The van der Waals surface area contributed by atoms with E-state index in [1.165, 1.54) is 32.1 Å². The van der Waals surface area contributed by atoms with Crippen LogP contribution >= 0.6 is 0 Å². The van der Waals surface area contributed by atoms with Gasteiger partial charge in [-0.15, -0.1) is 0 Å². The average Bonchev–Trinajstić information content (AvgIpc) is 2.35. The van der Waals surface area contributed by atoms with Gasteiger partial charge in [-0.05, 0) is 38.5 Å². The van der Waals surface area contributed by atoms with Gasteiger partial charge < -0.3 is 9.69 Å². The van der Waals surface area contributed by atoms with E-state index in [4.69, 9.17) is 0 Å². The molecule has 96 valence electrons. The van der Waals surface area contributed by atoms with Crippen LogP contribution in [-0.2, 0) is 9.59 Å². The van der Waals surface area contributed by atoms with Crippen molar-refractivity contribution in [2.45, 2.75) is 64.3 Å². The van der Waals surface area contributed by atoms with Crippen molar-refractivity contribution in [3.63, 3.8) is 0 Å². The van der Waals surface area contributed by atoms with Crippen LogP contribution in [0.1, 0.15) is 58.3 Å². The number of nitrogens with zero attached hydrogens (tertiary/aromatic N) is 1. The summed E-state index contributed by atoms with van der Waals surface area (Å²) in [4.78, 5) is 25.2. The molecule has 2 aliphatic rings. The molecule has 17 heavy (non-hydrogen) atoms. The third-order valence-corrected chi connectivity index (χ3v) is 4.25. The lowest BCUT2D eigenvalue weighted by Crippen LogP contribution is -2.49. The van der Waals surface area contributed by atoms with Crippen molar-refractivity contribution in [2.75, 3.05) is 6.54 Å². The Kier molecular flexibility index (Phi) is 4.19. The number of carbonyl (C=O) groups excluding carboxylic acids is 2. The van der Waals surface area contributed by atoms with Gasteiger partial charge in [-0.25, -0.2) is 0 Å². The van der Waals surface area contributed by atoms with Crippen molar-refractivity contribution in [2.24, 2.45) is 5.92 Å². The summed E-state index contributed by atoms with van der Waals surface area (Å²) in [5, 5.41) is 0. The number of rotatable bonds is 3. The van der Waals surface area contributed by atoms with E-state index in [2.05, 4.69) is 4.90 Å². The molecule has 3 nitrogen and oxygen atoms in total. The zero-order valence-electron chi connectivity index (χ0n) is 10.8. The summed E-state index contributed by atoms with van der Waals surface area (Å²) in [6, 6.07) is 0.483. The molecule has 1 aliphatic heterocycles. The molecule has 0 spiro atoms. The summed E-state index contributed by atoms with van der Waals surface area (Å²) < 4.78 is 0. The molecular weight excluding hydrogens is 214 g/mol. The Morgan fingerprint density at radius 3 is 2.53 bits per heavy atom. The molecule has 1 heterocycles. The molecule has 1 saturated carbocycles. The van der Waals surface area contributed by atoms with Gasteiger partial charge in [0.1, 0.15) is 5.78 Å². The maximum atomic E-state index is 12.1. The SMILES string of the molecule is CC(=O)CCC(=O)N1CCCC2CCCCC21. The van der Waals surface area contributed by atoms with E-state index in [9.17, 15) is 9.59 Å². The zero-order chi connectivity index (χ0) is 12.3. The molecule has 0 bridgehead atoms. The summed E-state index contributed by atoms with van der Waals surface area (Å²) in [7, 11) is 0. The summed E-state index contributed by atoms with van der Waals surface area (Å²) in [5.41, 5.74) is 0. The normalized spacial score (nSPS) is 28.6. The molecular formula is C14H23NO2. The van der Waals surface area contributed by atoms with Gasteiger partial charge in [-0.1, -0.05) is 12.8 Å². The largest absolute Gasteiger partial charge is 0.339 e. The first-order valence-corrected chi connectivity index (χ1v) is 6.97. The third kappa shape index (κ3) is 3.08. The van der Waals surface area contributed by atoms with Gasteiger partial charge in [0.25, 0.3) is 0 Å². The minimum Gasteiger partial charge on any atom is -0.339 e. The first-order chi connectivity index (χ1) is 8.18. The minimum absolute atomic E-state index is 0.121. The average molecular weight is 237 g/mol. The Morgan fingerprint density at radius 2 is 1.76 bits per heavy atom. The molecule has 3 heteroatoms. The molecule has 1 amide bonds. The highest BCUT2D eigenvalue weighted by molar-refractivity contribution is 5.83. The number of amides is 1. The first kappa shape index (κ1) is 12.6. The van der Waals surface area contributed by atoms with Crippen molar-refractivity contribution in [3.05, 3.63) is 0 Å². The Bertz CT molecular complexity index is 299. The summed E-state index contributed by atoms with van der Waals surface area (Å²) in [6.07, 6.45) is 8.32. The van der Waals surface area contributed by atoms with Gasteiger partial charge >= 0.3 is 0 Å². The van der Waals surface area contributed by atoms with E-state index in [-0.39, 0.29) is 11.7 Å². The number of hydrogen-bond acceptors (Lipinski definition) is 2. The molecule has 0 radical (unpaired) electrons. The van der Waals surface area contributed by atoms with Gasteiger partial charge in [0.2, 0.25) is 5.91 Å². The first-order valence-electron chi connectivity index (χ1n) is 6.97. The highest BCUT2D eigenvalue weighted by atomic mass is 16.2. The quantitative estimate of drug-likeness (QED) is 0.756. The predicted octanol–water partition coefficient (Wildman–Crippen LogP) is 2.54.